The SMILES string of the molecule is CCCc1ccc(NC2CCC(=O)CC2)nn1. The highest BCUT2D eigenvalue weighted by atomic mass is 16.1. The van der Waals surface area contributed by atoms with Crippen LogP contribution < -0.4 is 5.32 Å². The third kappa shape index (κ3) is 3.51. The number of carbonyl (C=O) groups is 1. The summed E-state index contributed by atoms with van der Waals surface area (Å²) < 4.78 is 0. The fourth-order valence-corrected chi connectivity index (χ4v) is 2.12. The van der Waals surface area contributed by atoms with E-state index in [-0.39, 0.29) is 0 Å². The lowest BCUT2D eigenvalue weighted by Crippen LogP contribution is -2.26. The molecular weight excluding hydrogens is 214 g/mol. The molecule has 1 heterocycles. The van der Waals surface area contributed by atoms with Crippen molar-refractivity contribution < 1.29 is 4.79 Å². The van der Waals surface area contributed by atoms with E-state index < -0.39 is 0 Å². The lowest BCUT2D eigenvalue weighted by Gasteiger charge is -2.22. The molecule has 1 aromatic heterocycles. The van der Waals surface area contributed by atoms with Gasteiger partial charge in [0.05, 0.1) is 5.69 Å². The van der Waals surface area contributed by atoms with E-state index in [0.29, 0.717) is 24.7 Å². The molecule has 92 valence electrons. The molecule has 4 heteroatoms. The summed E-state index contributed by atoms with van der Waals surface area (Å²) in [5.41, 5.74) is 1.04. The summed E-state index contributed by atoms with van der Waals surface area (Å²) >= 11 is 0. The van der Waals surface area contributed by atoms with Crippen LogP contribution in [0, 0.1) is 0 Å². The van der Waals surface area contributed by atoms with Crippen LogP contribution in [0.25, 0.3) is 0 Å². The molecule has 0 saturated heterocycles. The van der Waals surface area contributed by atoms with Crippen LogP contribution in [0.15, 0.2) is 12.1 Å². The van der Waals surface area contributed by atoms with Crippen LogP contribution in [0.2, 0.25) is 0 Å². The molecule has 1 saturated carbocycles. The van der Waals surface area contributed by atoms with Crippen molar-refractivity contribution in [3.05, 3.63) is 17.8 Å². The van der Waals surface area contributed by atoms with Crippen molar-refractivity contribution in [2.45, 2.75) is 51.5 Å². The Hall–Kier alpha value is -1.45. The second-order valence-corrected chi connectivity index (χ2v) is 4.62. The van der Waals surface area contributed by atoms with Crippen LogP contribution in [-0.4, -0.2) is 22.0 Å². The van der Waals surface area contributed by atoms with Crippen LogP contribution in [0.4, 0.5) is 5.82 Å². The summed E-state index contributed by atoms with van der Waals surface area (Å²) in [5, 5.41) is 11.7. The van der Waals surface area contributed by atoms with Crippen LogP contribution >= 0.6 is 0 Å². The number of anilines is 1. The number of Topliss-reactive ketones (excluding diaryl/α,β-unsaturated/α-hetero) is 1. The van der Waals surface area contributed by atoms with Gasteiger partial charge in [-0.05, 0) is 31.4 Å². The van der Waals surface area contributed by atoms with E-state index in [0.717, 1.165) is 37.2 Å². The van der Waals surface area contributed by atoms with E-state index in [9.17, 15) is 4.79 Å². The maximum absolute atomic E-state index is 11.1. The Bertz CT molecular complexity index is 365. The third-order valence-electron chi connectivity index (χ3n) is 3.12. The molecule has 0 atom stereocenters. The molecule has 0 aromatic carbocycles. The molecule has 1 fully saturated rings. The van der Waals surface area contributed by atoms with E-state index in [1.54, 1.807) is 0 Å². The first-order valence-electron chi connectivity index (χ1n) is 6.38. The van der Waals surface area contributed by atoms with Gasteiger partial charge in [0.25, 0.3) is 0 Å². The van der Waals surface area contributed by atoms with Crippen LogP contribution in [0.1, 0.15) is 44.7 Å². The zero-order chi connectivity index (χ0) is 12.1. The molecule has 0 spiro atoms. The van der Waals surface area contributed by atoms with Crippen molar-refractivity contribution in [3.8, 4) is 0 Å². The van der Waals surface area contributed by atoms with E-state index in [4.69, 9.17) is 0 Å². The second-order valence-electron chi connectivity index (χ2n) is 4.62. The first-order chi connectivity index (χ1) is 8.28. The Morgan fingerprint density at radius 3 is 2.65 bits per heavy atom. The molecule has 1 aliphatic rings. The number of aromatic nitrogens is 2. The Balaban J connectivity index is 1.88. The molecule has 0 aliphatic heterocycles. The molecule has 0 radical (unpaired) electrons. The van der Waals surface area contributed by atoms with Crippen LogP contribution in [-0.2, 0) is 11.2 Å². The zero-order valence-electron chi connectivity index (χ0n) is 10.3. The first kappa shape index (κ1) is 12.0. The van der Waals surface area contributed by atoms with Crippen LogP contribution in [0.3, 0.4) is 0 Å². The molecule has 0 unspecified atom stereocenters. The fraction of sp³-hybridized carbons (Fsp3) is 0.615. The van der Waals surface area contributed by atoms with Crippen molar-refractivity contribution in [1.29, 1.82) is 0 Å². The molecule has 0 amide bonds. The average molecular weight is 233 g/mol. The summed E-state index contributed by atoms with van der Waals surface area (Å²) in [5.74, 6) is 1.21. The highest BCUT2D eigenvalue weighted by Crippen LogP contribution is 2.18. The smallest absolute Gasteiger partial charge is 0.148 e. The van der Waals surface area contributed by atoms with Gasteiger partial charge in [-0.1, -0.05) is 13.3 Å². The van der Waals surface area contributed by atoms with Gasteiger partial charge in [0, 0.05) is 18.9 Å². The minimum atomic E-state index is 0.374. The van der Waals surface area contributed by atoms with Crippen molar-refractivity contribution in [3.63, 3.8) is 0 Å². The van der Waals surface area contributed by atoms with Gasteiger partial charge in [0.1, 0.15) is 11.6 Å². The van der Waals surface area contributed by atoms with Gasteiger partial charge in [-0.2, -0.15) is 5.10 Å². The first-order valence-corrected chi connectivity index (χ1v) is 6.38. The number of hydrogen-bond acceptors (Lipinski definition) is 4. The van der Waals surface area contributed by atoms with E-state index in [1.807, 2.05) is 12.1 Å². The van der Waals surface area contributed by atoms with Gasteiger partial charge in [0.15, 0.2) is 0 Å². The topological polar surface area (TPSA) is 54.9 Å². The predicted octanol–water partition coefficient (Wildman–Crippen LogP) is 2.35. The number of rotatable bonds is 4. The number of aryl methyl sites for hydroxylation is 1. The Kier molecular flexibility index (Phi) is 4.07. The molecule has 1 N–H and O–H groups in total. The van der Waals surface area contributed by atoms with E-state index in [2.05, 4.69) is 22.4 Å². The van der Waals surface area contributed by atoms with Crippen molar-refractivity contribution in [2.75, 3.05) is 5.32 Å². The summed E-state index contributed by atoms with van der Waals surface area (Å²) in [7, 11) is 0. The zero-order valence-corrected chi connectivity index (χ0v) is 10.3. The van der Waals surface area contributed by atoms with Gasteiger partial charge in [-0.3, -0.25) is 4.79 Å². The van der Waals surface area contributed by atoms with Crippen molar-refractivity contribution >= 4 is 11.6 Å². The highest BCUT2D eigenvalue weighted by molar-refractivity contribution is 5.79. The van der Waals surface area contributed by atoms with E-state index >= 15 is 0 Å². The van der Waals surface area contributed by atoms with Gasteiger partial charge >= 0.3 is 0 Å². The lowest BCUT2D eigenvalue weighted by molar-refractivity contribution is -0.120. The molecule has 0 bridgehead atoms. The van der Waals surface area contributed by atoms with Gasteiger partial charge < -0.3 is 5.32 Å². The fourth-order valence-electron chi connectivity index (χ4n) is 2.12. The number of hydrogen-bond donors (Lipinski definition) is 1. The van der Waals surface area contributed by atoms with Crippen molar-refractivity contribution in [1.82, 2.24) is 10.2 Å². The summed E-state index contributed by atoms with van der Waals surface area (Å²) in [4.78, 5) is 11.1. The molecule has 1 aliphatic carbocycles. The van der Waals surface area contributed by atoms with Crippen LogP contribution in [0.5, 0.6) is 0 Å². The minimum absolute atomic E-state index is 0.374. The second kappa shape index (κ2) is 5.75. The predicted molar refractivity (Wildman–Crippen MR) is 66.9 cm³/mol. The van der Waals surface area contributed by atoms with Crippen molar-refractivity contribution in [2.24, 2.45) is 0 Å². The number of ketones is 1. The standard InChI is InChI=1S/C13H19N3O/c1-2-3-11-6-9-13(16-15-11)14-10-4-7-12(17)8-5-10/h6,9-10H,2-5,7-8H2,1H3,(H,14,16). The average Bonchev–Trinajstić information content (AvgIpc) is 2.35. The Morgan fingerprint density at radius 1 is 1.29 bits per heavy atom. The molecule has 1 aromatic rings. The highest BCUT2D eigenvalue weighted by Gasteiger charge is 2.18. The monoisotopic (exact) mass is 233 g/mol. The normalized spacial score (nSPS) is 17.1. The van der Waals surface area contributed by atoms with Gasteiger partial charge in [-0.25, -0.2) is 0 Å². The summed E-state index contributed by atoms with van der Waals surface area (Å²) in [6, 6.07) is 4.38. The molecule has 17 heavy (non-hydrogen) atoms. The molecular formula is C13H19N3O. The molecule has 2 rings (SSSR count). The summed E-state index contributed by atoms with van der Waals surface area (Å²) in [6.45, 7) is 2.13. The Labute approximate surface area is 102 Å². The van der Waals surface area contributed by atoms with Gasteiger partial charge in [-0.15, -0.1) is 5.10 Å². The lowest BCUT2D eigenvalue weighted by atomic mass is 9.94. The number of nitrogens with zero attached hydrogens (tertiary/aromatic N) is 2. The maximum Gasteiger partial charge on any atom is 0.148 e. The summed E-state index contributed by atoms with van der Waals surface area (Å²) in [6.07, 6.45) is 5.28. The largest absolute Gasteiger partial charge is 0.366 e. The number of nitrogens with one attached hydrogen (secondary N) is 1. The third-order valence-corrected chi connectivity index (χ3v) is 3.12. The quantitative estimate of drug-likeness (QED) is 0.867. The van der Waals surface area contributed by atoms with Gasteiger partial charge in [0.2, 0.25) is 0 Å². The maximum atomic E-state index is 11.1. The Morgan fingerprint density at radius 2 is 2.06 bits per heavy atom. The van der Waals surface area contributed by atoms with E-state index in [1.165, 1.54) is 0 Å². The molecule has 4 nitrogen and oxygen atoms in total. The number of carbonyl (C=O) groups excluding carboxylic acids is 1. The minimum Gasteiger partial charge on any atom is -0.366 e.